The Labute approximate surface area is 204 Å². The molecule has 0 saturated carbocycles. The Morgan fingerprint density at radius 1 is 0.939 bits per heavy atom. The fourth-order valence-corrected chi connectivity index (χ4v) is 4.32. The number of carbonyl (C=O) groups excluding carboxylic acids is 2. The van der Waals surface area contributed by atoms with Gasteiger partial charge in [-0.05, 0) is 62.4 Å². The van der Waals surface area contributed by atoms with Gasteiger partial charge in [0.2, 0.25) is 5.91 Å². The summed E-state index contributed by atoms with van der Waals surface area (Å²) in [5.41, 5.74) is 3.07. The van der Waals surface area contributed by atoms with Crippen molar-refractivity contribution in [1.82, 2.24) is 14.8 Å². The highest BCUT2D eigenvalue weighted by molar-refractivity contribution is 9.10. The number of aromatic nitrogens is 3. The van der Waals surface area contributed by atoms with Crippen LogP contribution in [0.1, 0.15) is 24.2 Å². The molecule has 0 aliphatic rings. The maximum atomic E-state index is 12.8. The first kappa shape index (κ1) is 22.9. The smallest absolute Gasteiger partial charge is 0.237 e. The van der Waals surface area contributed by atoms with E-state index in [1.807, 2.05) is 66.1 Å². The monoisotopic (exact) mass is 520 g/mol. The second-order valence-electron chi connectivity index (χ2n) is 7.37. The van der Waals surface area contributed by atoms with Crippen molar-refractivity contribution >= 4 is 45.1 Å². The molecule has 0 unspecified atom stereocenters. The van der Waals surface area contributed by atoms with Gasteiger partial charge in [-0.15, -0.1) is 10.2 Å². The van der Waals surface area contributed by atoms with Crippen molar-refractivity contribution in [3.05, 3.63) is 88.9 Å². The van der Waals surface area contributed by atoms with Crippen molar-refractivity contribution in [3.63, 3.8) is 0 Å². The highest BCUT2D eigenvalue weighted by Crippen LogP contribution is 2.31. The summed E-state index contributed by atoms with van der Waals surface area (Å²) in [6, 6.07) is 24.5. The van der Waals surface area contributed by atoms with Crippen molar-refractivity contribution in [1.29, 1.82) is 0 Å². The molecule has 4 rings (SSSR count). The van der Waals surface area contributed by atoms with Gasteiger partial charge < -0.3 is 5.32 Å². The van der Waals surface area contributed by atoms with Crippen LogP contribution in [0.3, 0.4) is 0 Å². The minimum Gasteiger partial charge on any atom is -0.325 e. The highest BCUT2D eigenvalue weighted by atomic mass is 79.9. The predicted octanol–water partition coefficient (Wildman–Crippen LogP) is 6.02. The Bertz CT molecular complexity index is 1270. The van der Waals surface area contributed by atoms with Gasteiger partial charge in [-0.3, -0.25) is 14.2 Å². The molecule has 0 fully saturated rings. The average Bonchev–Trinajstić information content (AvgIpc) is 3.23. The van der Waals surface area contributed by atoms with Crippen LogP contribution in [0.5, 0.6) is 0 Å². The van der Waals surface area contributed by atoms with Gasteiger partial charge in [-0.1, -0.05) is 58.0 Å². The summed E-state index contributed by atoms with van der Waals surface area (Å²) in [7, 11) is 0. The molecule has 1 amide bonds. The van der Waals surface area contributed by atoms with Crippen molar-refractivity contribution < 1.29 is 9.59 Å². The zero-order valence-corrected chi connectivity index (χ0v) is 20.4. The maximum Gasteiger partial charge on any atom is 0.237 e. The van der Waals surface area contributed by atoms with Gasteiger partial charge in [0.25, 0.3) is 0 Å². The van der Waals surface area contributed by atoms with Gasteiger partial charge in [0.1, 0.15) is 0 Å². The number of para-hydroxylation sites is 1. The second kappa shape index (κ2) is 10.1. The number of anilines is 1. The molecule has 0 radical (unpaired) electrons. The molecule has 3 aromatic carbocycles. The summed E-state index contributed by atoms with van der Waals surface area (Å²) >= 11 is 4.80. The van der Waals surface area contributed by atoms with E-state index >= 15 is 0 Å². The maximum absolute atomic E-state index is 12.8. The van der Waals surface area contributed by atoms with E-state index in [1.54, 1.807) is 24.3 Å². The lowest BCUT2D eigenvalue weighted by molar-refractivity contribution is -0.115. The molecule has 166 valence electrons. The van der Waals surface area contributed by atoms with E-state index in [0.717, 1.165) is 15.7 Å². The topological polar surface area (TPSA) is 76.9 Å². The lowest BCUT2D eigenvalue weighted by Gasteiger charge is -2.14. The molecule has 4 aromatic rings. The number of hydrogen-bond donors (Lipinski definition) is 1. The lowest BCUT2D eigenvalue weighted by atomic mass is 10.1. The van der Waals surface area contributed by atoms with Gasteiger partial charge in [0.05, 0.1) is 5.25 Å². The SMILES string of the molecule is CC(=O)c1ccc(NC(=O)[C@@H](C)Sc2nnc(-c3ccc(Br)cc3)n2-c2ccccc2)cc1. The van der Waals surface area contributed by atoms with Crippen molar-refractivity contribution in [2.24, 2.45) is 0 Å². The number of rotatable bonds is 7. The zero-order valence-electron chi connectivity index (χ0n) is 18.0. The number of benzene rings is 3. The first-order valence-electron chi connectivity index (χ1n) is 10.3. The second-order valence-corrected chi connectivity index (χ2v) is 9.59. The van der Waals surface area contributed by atoms with E-state index in [2.05, 4.69) is 31.4 Å². The fourth-order valence-electron chi connectivity index (χ4n) is 3.19. The minimum absolute atomic E-state index is 0.0152. The molecule has 1 atom stereocenters. The summed E-state index contributed by atoms with van der Waals surface area (Å²) in [5.74, 6) is 0.519. The van der Waals surface area contributed by atoms with Gasteiger partial charge >= 0.3 is 0 Å². The molecule has 0 aliphatic carbocycles. The molecule has 0 aliphatic heterocycles. The third kappa shape index (κ3) is 5.40. The molecule has 0 saturated heterocycles. The number of amides is 1. The van der Waals surface area contributed by atoms with E-state index < -0.39 is 5.25 Å². The van der Waals surface area contributed by atoms with Crippen molar-refractivity contribution in [3.8, 4) is 17.1 Å². The number of Topliss-reactive ketones (excluding diaryl/α,β-unsaturated/α-hetero) is 1. The van der Waals surface area contributed by atoms with Gasteiger partial charge in [-0.2, -0.15) is 0 Å². The summed E-state index contributed by atoms with van der Waals surface area (Å²) in [6.07, 6.45) is 0. The molecule has 33 heavy (non-hydrogen) atoms. The first-order valence-corrected chi connectivity index (χ1v) is 11.9. The third-order valence-corrected chi connectivity index (χ3v) is 6.53. The van der Waals surface area contributed by atoms with Crippen LogP contribution in [0, 0.1) is 0 Å². The normalized spacial score (nSPS) is 11.7. The Balaban J connectivity index is 1.58. The molecule has 0 spiro atoms. The van der Waals surface area contributed by atoms with Crippen LogP contribution in [0.15, 0.2) is 88.5 Å². The molecular weight excluding hydrogens is 500 g/mol. The zero-order chi connectivity index (χ0) is 23.4. The largest absolute Gasteiger partial charge is 0.325 e. The fraction of sp³-hybridized carbons (Fsp3) is 0.120. The Morgan fingerprint density at radius 2 is 1.61 bits per heavy atom. The number of nitrogens with zero attached hydrogens (tertiary/aromatic N) is 3. The van der Waals surface area contributed by atoms with Crippen LogP contribution >= 0.6 is 27.7 Å². The summed E-state index contributed by atoms with van der Waals surface area (Å²) in [5, 5.41) is 11.9. The Kier molecular flexibility index (Phi) is 7.05. The number of carbonyl (C=O) groups is 2. The van der Waals surface area contributed by atoms with E-state index in [-0.39, 0.29) is 11.7 Å². The molecule has 1 aromatic heterocycles. The lowest BCUT2D eigenvalue weighted by Crippen LogP contribution is -2.23. The minimum atomic E-state index is -0.429. The van der Waals surface area contributed by atoms with Gasteiger partial charge in [0, 0.05) is 27.0 Å². The predicted molar refractivity (Wildman–Crippen MR) is 135 cm³/mol. The van der Waals surface area contributed by atoms with Crippen LogP contribution in [0.4, 0.5) is 5.69 Å². The third-order valence-electron chi connectivity index (χ3n) is 4.96. The number of hydrogen-bond acceptors (Lipinski definition) is 5. The number of nitrogens with one attached hydrogen (secondary N) is 1. The first-order chi connectivity index (χ1) is 15.9. The summed E-state index contributed by atoms with van der Waals surface area (Å²) in [4.78, 5) is 24.3. The number of ketones is 1. The van der Waals surface area contributed by atoms with E-state index in [1.165, 1.54) is 18.7 Å². The Hall–Kier alpha value is -3.23. The number of halogens is 1. The van der Waals surface area contributed by atoms with E-state index in [9.17, 15) is 9.59 Å². The van der Waals surface area contributed by atoms with Crippen molar-refractivity contribution in [2.45, 2.75) is 24.3 Å². The molecule has 1 heterocycles. The summed E-state index contributed by atoms with van der Waals surface area (Å²) in [6.45, 7) is 3.34. The number of thioether (sulfide) groups is 1. The van der Waals surface area contributed by atoms with Crippen LogP contribution in [0.25, 0.3) is 17.1 Å². The van der Waals surface area contributed by atoms with E-state index in [0.29, 0.717) is 22.2 Å². The molecule has 8 heteroatoms. The van der Waals surface area contributed by atoms with Crippen molar-refractivity contribution in [2.75, 3.05) is 5.32 Å². The van der Waals surface area contributed by atoms with Gasteiger partial charge in [-0.25, -0.2) is 0 Å². The Morgan fingerprint density at radius 3 is 2.24 bits per heavy atom. The molecule has 6 nitrogen and oxygen atoms in total. The molecule has 1 N–H and O–H groups in total. The van der Waals surface area contributed by atoms with Gasteiger partial charge in [0.15, 0.2) is 16.8 Å². The highest BCUT2D eigenvalue weighted by Gasteiger charge is 2.22. The van der Waals surface area contributed by atoms with Crippen LogP contribution in [0.2, 0.25) is 0 Å². The van der Waals surface area contributed by atoms with E-state index in [4.69, 9.17) is 0 Å². The van der Waals surface area contributed by atoms with Crippen LogP contribution in [-0.2, 0) is 4.79 Å². The molecule has 0 bridgehead atoms. The standard InChI is InChI=1S/C25H21BrN4O2S/c1-16(31)18-10-14-21(15-11-18)27-24(32)17(2)33-25-29-28-23(19-8-12-20(26)13-9-19)30(25)22-6-4-3-5-7-22/h3-15,17H,1-2H3,(H,27,32)/t17-/m1/s1. The summed E-state index contributed by atoms with van der Waals surface area (Å²) < 4.78 is 2.94. The molecular formula is C25H21BrN4O2S. The average molecular weight is 521 g/mol. The van der Waals surface area contributed by atoms with Crippen LogP contribution < -0.4 is 5.32 Å². The quantitative estimate of drug-likeness (QED) is 0.238. The van der Waals surface area contributed by atoms with Crippen LogP contribution in [-0.4, -0.2) is 31.7 Å².